The Morgan fingerprint density at radius 3 is 2.48 bits per heavy atom. The summed E-state index contributed by atoms with van der Waals surface area (Å²) in [6, 6.07) is 3.95. The van der Waals surface area contributed by atoms with Crippen molar-refractivity contribution in [3.05, 3.63) is 23.8 Å². The summed E-state index contributed by atoms with van der Waals surface area (Å²) in [6.07, 6.45) is 1.41. The van der Waals surface area contributed by atoms with Crippen LogP contribution in [0.4, 0.5) is 0 Å². The van der Waals surface area contributed by atoms with Crippen molar-refractivity contribution >= 4 is 18.2 Å². The number of amides is 1. The van der Waals surface area contributed by atoms with Gasteiger partial charge in [-0.1, -0.05) is 20.3 Å². The molecule has 0 spiro atoms. The second kappa shape index (κ2) is 10.3. The Morgan fingerprint density at radius 2 is 1.92 bits per heavy atom. The molecule has 1 aromatic carbocycles. The molecule has 1 amide bonds. The molecule has 0 aliphatic heterocycles. The number of hydrogen-bond acceptors (Lipinski definition) is 6. The molecule has 1 rings (SSSR count). The van der Waals surface area contributed by atoms with Gasteiger partial charge in [0.25, 0.3) is 5.91 Å². The van der Waals surface area contributed by atoms with E-state index in [0.29, 0.717) is 36.4 Å². The maximum absolute atomic E-state index is 12.1. The lowest BCUT2D eigenvalue weighted by atomic mass is 9.99. The molecular formula is C18H25NO6. The molecule has 1 N–H and O–H groups in total. The molecule has 138 valence electrons. The van der Waals surface area contributed by atoms with Gasteiger partial charge in [0.05, 0.1) is 13.7 Å². The molecule has 0 radical (unpaired) electrons. The van der Waals surface area contributed by atoms with Gasteiger partial charge in [0.15, 0.2) is 18.1 Å². The molecule has 1 aromatic rings. The number of carbonyl (C=O) groups excluding carboxylic acids is 3. The van der Waals surface area contributed by atoms with E-state index in [9.17, 15) is 14.4 Å². The molecule has 25 heavy (non-hydrogen) atoms. The highest BCUT2D eigenvalue weighted by Gasteiger charge is 2.26. The SMILES string of the molecule is CCOc1cc(C=O)ccc1OCC(=O)N[C@H](C(=O)OC)[C@@H](C)CC. The van der Waals surface area contributed by atoms with Gasteiger partial charge in [0.1, 0.15) is 12.3 Å². The van der Waals surface area contributed by atoms with Crippen LogP contribution >= 0.6 is 0 Å². The van der Waals surface area contributed by atoms with Crippen LogP contribution in [0.2, 0.25) is 0 Å². The summed E-state index contributed by atoms with van der Waals surface area (Å²) in [5.41, 5.74) is 0.447. The number of aldehydes is 1. The molecule has 0 saturated heterocycles. The first-order chi connectivity index (χ1) is 12.0. The summed E-state index contributed by atoms with van der Waals surface area (Å²) in [4.78, 5) is 34.8. The van der Waals surface area contributed by atoms with Crippen molar-refractivity contribution in [3.8, 4) is 11.5 Å². The molecule has 2 atom stereocenters. The van der Waals surface area contributed by atoms with Crippen LogP contribution in [0.1, 0.15) is 37.6 Å². The summed E-state index contributed by atoms with van der Waals surface area (Å²) in [6.45, 7) is 5.69. The number of carbonyl (C=O) groups is 3. The number of ether oxygens (including phenoxy) is 3. The Hall–Kier alpha value is -2.57. The zero-order valence-electron chi connectivity index (χ0n) is 15.0. The zero-order valence-corrected chi connectivity index (χ0v) is 15.0. The molecule has 0 aliphatic rings. The number of esters is 1. The molecule has 7 nitrogen and oxygen atoms in total. The van der Waals surface area contributed by atoms with E-state index in [1.54, 1.807) is 25.1 Å². The monoisotopic (exact) mass is 351 g/mol. The van der Waals surface area contributed by atoms with E-state index >= 15 is 0 Å². The third-order valence-electron chi connectivity index (χ3n) is 3.75. The van der Waals surface area contributed by atoms with E-state index in [4.69, 9.17) is 14.2 Å². The quantitative estimate of drug-likeness (QED) is 0.512. The Kier molecular flexibility index (Phi) is 8.46. The van der Waals surface area contributed by atoms with Crippen LogP contribution in [-0.4, -0.2) is 44.5 Å². The van der Waals surface area contributed by atoms with Crippen LogP contribution in [0.25, 0.3) is 0 Å². The predicted octanol–water partition coefficient (Wildman–Crippen LogP) is 1.98. The average Bonchev–Trinajstić information content (AvgIpc) is 2.63. The molecule has 0 fully saturated rings. The summed E-state index contributed by atoms with van der Waals surface area (Å²) in [5, 5.41) is 2.63. The zero-order chi connectivity index (χ0) is 18.8. The van der Waals surface area contributed by atoms with Crippen LogP contribution in [0.3, 0.4) is 0 Å². The summed E-state index contributed by atoms with van der Waals surface area (Å²) in [7, 11) is 1.28. The maximum Gasteiger partial charge on any atom is 0.328 e. The van der Waals surface area contributed by atoms with Gasteiger partial charge in [-0.05, 0) is 31.0 Å². The smallest absolute Gasteiger partial charge is 0.328 e. The van der Waals surface area contributed by atoms with Crippen molar-refractivity contribution in [2.75, 3.05) is 20.3 Å². The lowest BCUT2D eigenvalue weighted by Gasteiger charge is -2.22. The maximum atomic E-state index is 12.1. The lowest BCUT2D eigenvalue weighted by molar-refractivity contribution is -0.146. The van der Waals surface area contributed by atoms with E-state index in [1.165, 1.54) is 7.11 Å². The molecule has 7 heteroatoms. The van der Waals surface area contributed by atoms with E-state index in [-0.39, 0.29) is 12.5 Å². The third kappa shape index (κ3) is 6.10. The van der Waals surface area contributed by atoms with Gasteiger partial charge in [-0.2, -0.15) is 0 Å². The average molecular weight is 351 g/mol. The fraction of sp³-hybridized carbons (Fsp3) is 0.500. The highest BCUT2D eigenvalue weighted by atomic mass is 16.5. The van der Waals surface area contributed by atoms with Gasteiger partial charge in [-0.25, -0.2) is 4.79 Å². The van der Waals surface area contributed by atoms with Crippen LogP contribution in [0.5, 0.6) is 11.5 Å². The Balaban J connectivity index is 2.74. The van der Waals surface area contributed by atoms with Crippen molar-refractivity contribution in [1.82, 2.24) is 5.32 Å². The topological polar surface area (TPSA) is 90.9 Å². The minimum Gasteiger partial charge on any atom is -0.490 e. The number of hydrogen-bond donors (Lipinski definition) is 1. The van der Waals surface area contributed by atoms with E-state index in [2.05, 4.69) is 5.32 Å². The minimum atomic E-state index is -0.727. The van der Waals surface area contributed by atoms with Crippen LogP contribution in [0, 0.1) is 5.92 Å². The first kappa shape index (κ1) is 20.5. The summed E-state index contributed by atoms with van der Waals surface area (Å²) >= 11 is 0. The molecule has 0 aromatic heterocycles. The molecule has 0 bridgehead atoms. The second-order valence-electron chi connectivity index (χ2n) is 5.50. The standard InChI is InChI=1S/C18H25NO6/c1-5-12(3)17(18(22)23-4)19-16(21)11-25-14-8-7-13(10-20)9-15(14)24-6-2/h7-10,12,17H,5-6,11H2,1-4H3,(H,19,21)/t12-,17-/m0/s1. The molecule has 0 heterocycles. The van der Waals surface area contributed by atoms with Crippen molar-refractivity contribution in [2.24, 2.45) is 5.92 Å². The van der Waals surface area contributed by atoms with E-state index in [0.717, 1.165) is 0 Å². The molecule has 0 aliphatic carbocycles. The second-order valence-corrected chi connectivity index (χ2v) is 5.50. The Labute approximate surface area is 147 Å². The Morgan fingerprint density at radius 1 is 1.20 bits per heavy atom. The van der Waals surface area contributed by atoms with Crippen LogP contribution in [0.15, 0.2) is 18.2 Å². The summed E-state index contributed by atoms with van der Waals surface area (Å²) in [5.74, 6) is -0.278. The van der Waals surface area contributed by atoms with E-state index in [1.807, 2.05) is 13.8 Å². The minimum absolute atomic E-state index is 0.0674. The lowest BCUT2D eigenvalue weighted by Crippen LogP contribution is -2.47. The first-order valence-electron chi connectivity index (χ1n) is 8.18. The van der Waals surface area contributed by atoms with Crippen molar-refractivity contribution < 1.29 is 28.6 Å². The Bertz CT molecular complexity index is 601. The van der Waals surface area contributed by atoms with Gasteiger partial charge < -0.3 is 19.5 Å². The number of nitrogens with one attached hydrogen (secondary N) is 1. The van der Waals surface area contributed by atoms with Gasteiger partial charge in [-0.15, -0.1) is 0 Å². The number of methoxy groups -OCH3 is 1. The molecule has 0 saturated carbocycles. The largest absolute Gasteiger partial charge is 0.490 e. The molecule has 0 unspecified atom stereocenters. The highest BCUT2D eigenvalue weighted by Crippen LogP contribution is 2.28. The third-order valence-corrected chi connectivity index (χ3v) is 3.75. The van der Waals surface area contributed by atoms with Gasteiger partial charge >= 0.3 is 5.97 Å². The number of benzene rings is 1. The summed E-state index contributed by atoms with van der Waals surface area (Å²) < 4.78 is 15.6. The molecular weight excluding hydrogens is 326 g/mol. The van der Waals surface area contributed by atoms with E-state index < -0.39 is 17.9 Å². The van der Waals surface area contributed by atoms with Crippen LogP contribution in [-0.2, 0) is 14.3 Å². The predicted molar refractivity (Wildman–Crippen MR) is 91.9 cm³/mol. The van der Waals surface area contributed by atoms with Gasteiger partial charge in [-0.3, -0.25) is 9.59 Å². The normalized spacial score (nSPS) is 12.6. The number of rotatable bonds is 10. The fourth-order valence-electron chi connectivity index (χ4n) is 2.14. The van der Waals surface area contributed by atoms with Crippen molar-refractivity contribution in [2.45, 2.75) is 33.2 Å². The van der Waals surface area contributed by atoms with Crippen LogP contribution < -0.4 is 14.8 Å². The first-order valence-corrected chi connectivity index (χ1v) is 8.18. The highest BCUT2D eigenvalue weighted by molar-refractivity contribution is 5.85. The fourth-order valence-corrected chi connectivity index (χ4v) is 2.14. The van der Waals surface area contributed by atoms with Gasteiger partial charge in [0, 0.05) is 5.56 Å². The van der Waals surface area contributed by atoms with Gasteiger partial charge in [0.2, 0.25) is 0 Å². The van der Waals surface area contributed by atoms with Crippen molar-refractivity contribution in [3.63, 3.8) is 0 Å². The van der Waals surface area contributed by atoms with Crippen molar-refractivity contribution in [1.29, 1.82) is 0 Å².